The van der Waals surface area contributed by atoms with Gasteiger partial charge in [-0.3, -0.25) is 14.4 Å². The maximum absolute atomic E-state index is 13.6. The van der Waals surface area contributed by atoms with Gasteiger partial charge in [-0.15, -0.1) is 0 Å². The number of nitrogens with one attached hydrogen (secondary N) is 3. The Morgan fingerprint density at radius 2 is 1.82 bits per heavy atom. The number of aromatic nitrogens is 3. The number of carbonyl (C=O) groups excluding carboxylic acids is 3. The maximum atomic E-state index is 13.6. The molecule has 1 unspecified atom stereocenters. The third-order valence-corrected chi connectivity index (χ3v) is 8.29. The van der Waals surface area contributed by atoms with Gasteiger partial charge >= 0.3 is 0 Å². The summed E-state index contributed by atoms with van der Waals surface area (Å²) in [5.41, 5.74) is 0.891. The second-order valence-corrected chi connectivity index (χ2v) is 12.0. The molecule has 3 N–H and O–H groups in total. The van der Waals surface area contributed by atoms with Crippen molar-refractivity contribution in [2.45, 2.75) is 64.6 Å². The van der Waals surface area contributed by atoms with Crippen LogP contribution in [0, 0.1) is 11.8 Å². The molecule has 0 spiro atoms. The van der Waals surface area contributed by atoms with Crippen LogP contribution in [0.2, 0.25) is 0 Å². The summed E-state index contributed by atoms with van der Waals surface area (Å²) < 4.78 is 1.86. The van der Waals surface area contributed by atoms with E-state index in [-0.39, 0.29) is 36.0 Å². The van der Waals surface area contributed by atoms with Gasteiger partial charge in [0, 0.05) is 31.0 Å². The number of fused-ring (bicyclic) bond motifs is 1. The number of benzene rings is 1. The highest BCUT2D eigenvalue weighted by atomic mass is 32.2. The van der Waals surface area contributed by atoms with E-state index in [0.29, 0.717) is 44.1 Å². The fourth-order valence-electron chi connectivity index (χ4n) is 5.32. The Bertz CT molecular complexity index is 1130. The number of amides is 3. The second kappa shape index (κ2) is 14.6. The Morgan fingerprint density at radius 3 is 2.52 bits per heavy atom. The zero-order valence-electron chi connectivity index (χ0n) is 23.9. The Morgan fingerprint density at radius 1 is 1.07 bits per heavy atom. The van der Waals surface area contributed by atoms with E-state index in [1.165, 1.54) is 0 Å². The van der Waals surface area contributed by atoms with Gasteiger partial charge in [-0.05, 0) is 56.7 Å². The van der Waals surface area contributed by atoms with Crippen molar-refractivity contribution in [3.05, 3.63) is 36.2 Å². The number of hydrogen-bond acceptors (Lipinski definition) is 7. The lowest BCUT2D eigenvalue weighted by atomic mass is 9.96. The van der Waals surface area contributed by atoms with E-state index in [9.17, 15) is 14.4 Å². The van der Waals surface area contributed by atoms with E-state index in [1.54, 1.807) is 11.8 Å². The Kier molecular flexibility index (Phi) is 11.0. The summed E-state index contributed by atoms with van der Waals surface area (Å²) in [4.78, 5) is 46.8. The highest BCUT2D eigenvalue weighted by Crippen LogP contribution is 2.25. The monoisotopic (exact) mass is 569 g/mol. The van der Waals surface area contributed by atoms with Crippen molar-refractivity contribution in [2.24, 2.45) is 11.8 Å². The normalized spacial score (nSPS) is 21.9. The predicted octanol–water partition coefficient (Wildman–Crippen LogP) is 2.62. The molecule has 2 aromatic rings. The van der Waals surface area contributed by atoms with E-state index < -0.39 is 12.1 Å². The highest BCUT2D eigenvalue weighted by Gasteiger charge is 2.31. The third kappa shape index (κ3) is 7.84. The quantitative estimate of drug-likeness (QED) is 0.489. The minimum Gasteiger partial charge on any atom is -0.344 e. The van der Waals surface area contributed by atoms with Crippen LogP contribution >= 0.6 is 11.8 Å². The summed E-state index contributed by atoms with van der Waals surface area (Å²) in [5, 5.41) is 14.3. The van der Waals surface area contributed by atoms with Gasteiger partial charge in [0.05, 0.1) is 12.6 Å². The standard InChI is InChI=1S/C29H43N7O3S/c1-20(2)25-27-33-26(21-8-5-4-6-9-21)34-36(27)18-17-35(29(39)22-11-14-30-15-12-22)16-7-10-24(37)31-23(13-19-40-3)28(38)32-25/h4-6,8-9,20,22-23,25,30H,7,10-19H2,1-3H3,(H,31,37)(H,32,38)/t23-,25?/m0/s1. The number of rotatable bonds is 6. The van der Waals surface area contributed by atoms with Crippen LogP contribution in [0.5, 0.6) is 0 Å². The molecule has 1 fully saturated rings. The van der Waals surface area contributed by atoms with Crippen molar-refractivity contribution in [3.8, 4) is 11.4 Å². The lowest BCUT2D eigenvalue weighted by molar-refractivity contribution is -0.137. The van der Waals surface area contributed by atoms with Gasteiger partial charge < -0.3 is 20.9 Å². The summed E-state index contributed by atoms with van der Waals surface area (Å²) in [5.74, 6) is 1.77. The van der Waals surface area contributed by atoms with Crippen molar-refractivity contribution in [1.82, 2.24) is 35.6 Å². The van der Waals surface area contributed by atoms with Crippen molar-refractivity contribution in [1.29, 1.82) is 0 Å². The van der Waals surface area contributed by atoms with Crippen LogP contribution in [-0.2, 0) is 20.9 Å². The van der Waals surface area contributed by atoms with Crippen molar-refractivity contribution in [2.75, 3.05) is 38.2 Å². The third-order valence-electron chi connectivity index (χ3n) is 7.65. The van der Waals surface area contributed by atoms with Crippen LogP contribution in [0.15, 0.2) is 30.3 Å². The second-order valence-electron chi connectivity index (χ2n) is 11.0. The summed E-state index contributed by atoms with van der Waals surface area (Å²) in [6.07, 6.45) is 4.96. The molecule has 0 saturated carbocycles. The maximum Gasteiger partial charge on any atom is 0.243 e. The van der Waals surface area contributed by atoms with Gasteiger partial charge in [-0.25, -0.2) is 9.67 Å². The number of piperidine rings is 1. The van der Waals surface area contributed by atoms with Gasteiger partial charge in [-0.2, -0.15) is 16.9 Å². The Labute approximate surface area is 241 Å². The molecular formula is C29H43N7O3S. The molecule has 10 nitrogen and oxygen atoms in total. The van der Waals surface area contributed by atoms with Crippen molar-refractivity contribution in [3.63, 3.8) is 0 Å². The van der Waals surface area contributed by atoms with E-state index in [0.717, 1.165) is 37.2 Å². The lowest BCUT2D eigenvalue weighted by Crippen LogP contribution is -2.49. The Balaban J connectivity index is 1.69. The first-order valence-corrected chi connectivity index (χ1v) is 15.8. The topological polar surface area (TPSA) is 121 Å². The molecule has 0 radical (unpaired) electrons. The fraction of sp³-hybridized carbons (Fsp3) is 0.621. The molecule has 4 rings (SSSR count). The van der Waals surface area contributed by atoms with Crippen molar-refractivity contribution >= 4 is 29.5 Å². The van der Waals surface area contributed by atoms with E-state index in [1.807, 2.05) is 60.0 Å². The highest BCUT2D eigenvalue weighted by molar-refractivity contribution is 7.98. The minimum absolute atomic E-state index is 0.0114. The van der Waals surface area contributed by atoms with Gasteiger partial charge in [0.25, 0.3) is 0 Å². The molecule has 2 aliphatic heterocycles. The lowest BCUT2D eigenvalue weighted by Gasteiger charge is -2.31. The number of nitrogens with zero attached hydrogens (tertiary/aromatic N) is 4. The molecule has 1 aromatic heterocycles. The van der Waals surface area contributed by atoms with Crippen LogP contribution < -0.4 is 16.0 Å². The molecule has 3 heterocycles. The number of thioether (sulfide) groups is 1. The fourth-order valence-corrected chi connectivity index (χ4v) is 5.79. The largest absolute Gasteiger partial charge is 0.344 e. The van der Waals surface area contributed by atoms with Crippen LogP contribution in [-0.4, -0.2) is 81.6 Å². The van der Waals surface area contributed by atoms with Crippen LogP contribution in [0.25, 0.3) is 11.4 Å². The summed E-state index contributed by atoms with van der Waals surface area (Å²) in [7, 11) is 0. The molecule has 40 heavy (non-hydrogen) atoms. The SMILES string of the molecule is CSCC[C@@H]1NC(=O)CCCN(C(=O)C2CCNCC2)CCn2nc(-c3ccccc3)nc2C(C(C)C)NC1=O. The smallest absolute Gasteiger partial charge is 0.243 e. The first-order chi connectivity index (χ1) is 19.4. The molecule has 1 aromatic carbocycles. The van der Waals surface area contributed by atoms with E-state index >= 15 is 0 Å². The summed E-state index contributed by atoms with van der Waals surface area (Å²) in [6.45, 7) is 7.16. The first kappa shape index (κ1) is 30.0. The molecular weight excluding hydrogens is 526 g/mol. The average Bonchev–Trinajstić information content (AvgIpc) is 3.39. The van der Waals surface area contributed by atoms with E-state index in [4.69, 9.17) is 10.1 Å². The Hall–Kier alpha value is -2.92. The van der Waals surface area contributed by atoms with E-state index in [2.05, 4.69) is 16.0 Å². The van der Waals surface area contributed by atoms with Gasteiger partial charge in [0.1, 0.15) is 6.04 Å². The van der Waals surface area contributed by atoms with Gasteiger partial charge in [0.2, 0.25) is 17.7 Å². The average molecular weight is 570 g/mol. The minimum atomic E-state index is -0.637. The summed E-state index contributed by atoms with van der Waals surface area (Å²) >= 11 is 1.64. The number of carbonyl (C=O) groups is 3. The van der Waals surface area contributed by atoms with Crippen LogP contribution in [0.3, 0.4) is 0 Å². The van der Waals surface area contributed by atoms with Crippen LogP contribution in [0.1, 0.15) is 57.8 Å². The van der Waals surface area contributed by atoms with Gasteiger partial charge in [0.15, 0.2) is 11.6 Å². The van der Waals surface area contributed by atoms with Crippen LogP contribution in [0.4, 0.5) is 0 Å². The zero-order valence-corrected chi connectivity index (χ0v) is 24.7. The molecule has 11 heteroatoms. The molecule has 2 atom stereocenters. The molecule has 218 valence electrons. The van der Waals surface area contributed by atoms with Crippen molar-refractivity contribution < 1.29 is 14.4 Å². The molecule has 3 amide bonds. The molecule has 0 aliphatic carbocycles. The van der Waals surface area contributed by atoms with Gasteiger partial charge in [-0.1, -0.05) is 44.2 Å². The molecule has 2 aliphatic rings. The summed E-state index contributed by atoms with van der Waals surface area (Å²) in [6, 6.07) is 8.74. The molecule has 1 saturated heterocycles. The number of hydrogen-bond donors (Lipinski definition) is 3. The first-order valence-electron chi connectivity index (χ1n) is 14.5. The predicted molar refractivity (Wildman–Crippen MR) is 158 cm³/mol. The zero-order chi connectivity index (χ0) is 28.5. The molecule has 0 bridgehead atoms.